The monoisotopic (exact) mass is 457 g/mol. The smallest absolute Gasteiger partial charge is 0.339 e. The lowest BCUT2D eigenvalue weighted by Crippen LogP contribution is -2.14. The number of fused-ring (bicyclic) bond motifs is 1. The number of carbonyl (C=O) groups is 1. The highest BCUT2D eigenvalue weighted by Crippen LogP contribution is 2.34. The number of thiazole rings is 1. The van der Waals surface area contributed by atoms with Crippen LogP contribution in [-0.4, -0.2) is 25.4 Å². The topological polar surface area (TPSA) is 97.4 Å². The van der Waals surface area contributed by atoms with Crippen LogP contribution >= 0.6 is 11.3 Å². The van der Waals surface area contributed by atoms with Gasteiger partial charge in [0.2, 0.25) is 5.91 Å². The van der Waals surface area contributed by atoms with Gasteiger partial charge in [0.1, 0.15) is 10.6 Å². The van der Waals surface area contributed by atoms with Gasteiger partial charge >= 0.3 is 10.1 Å². The summed E-state index contributed by atoms with van der Waals surface area (Å²) in [7, 11) is -3.95. The number of hydrogen-bond acceptors (Lipinski definition) is 7. The van der Waals surface area contributed by atoms with E-state index in [1.807, 2.05) is 0 Å². The minimum Gasteiger partial charge on any atom is -0.382 e. The van der Waals surface area contributed by atoms with Gasteiger partial charge in [0.05, 0.1) is 10.2 Å². The Balaban J connectivity index is 1.28. The first-order valence-electron chi connectivity index (χ1n) is 10.5. The molecule has 1 aromatic heterocycles. The van der Waals surface area contributed by atoms with E-state index < -0.39 is 10.1 Å². The highest BCUT2D eigenvalue weighted by atomic mass is 32.2. The van der Waals surface area contributed by atoms with Crippen LogP contribution in [0.25, 0.3) is 10.2 Å². The largest absolute Gasteiger partial charge is 0.382 e. The van der Waals surface area contributed by atoms with Crippen LogP contribution in [0, 0.1) is 5.92 Å². The SMILES string of the molecule is O=C(Nc1nc2ccc(OS(=O)(=O)c3ccc(NC4CCCC4)cc3)cc2s1)C1CC1. The van der Waals surface area contributed by atoms with Crippen LogP contribution in [0.5, 0.6) is 5.75 Å². The minimum absolute atomic E-state index is 0.0102. The molecule has 162 valence electrons. The molecule has 2 aliphatic rings. The van der Waals surface area contributed by atoms with Gasteiger partial charge < -0.3 is 14.8 Å². The van der Waals surface area contributed by atoms with Crippen LogP contribution in [0.3, 0.4) is 0 Å². The predicted octanol–water partition coefficient (Wildman–Crippen LogP) is 4.77. The summed E-state index contributed by atoms with van der Waals surface area (Å²) in [6.07, 6.45) is 6.60. The van der Waals surface area contributed by atoms with Crippen molar-refractivity contribution in [3.8, 4) is 5.75 Å². The number of benzene rings is 2. The Hall–Kier alpha value is -2.65. The highest BCUT2D eigenvalue weighted by molar-refractivity contribution is 7.87. The fraction of sp³-hybridized carbons (Fsp3) is 0.364. The maximum Gasteiger partial charge on any atom is 0.339 e. The highest BCUT2D eigenvalue weighted by Gasteiger charge is 2.30. The molecule has 31 heavy (non-hydrogen) atoms. The van der Waals surface area contributed by atoms with Crippen molar-refractivity contribution in [2.45, 2.75) is 49.5 Å². The Labute approximate surface area is 185 Å². The number of anilines is 2. The van der Waals surface area contributed by atoms with Crippen LogP contribution in [0.4, 0.5) is 10.8 Å². The van der Waals surface area contributed by atoms with Gasteiger partial charge in [-0.3, -0.25) is 4.79 Å². The number of amides is 1. The van der Waals surface area contributed by atoms with Crippen molar-refractivity contribution in [2.24, 2.45) is 5.92 Å². The Bertz CT molecular complexity index is 1210. The van der Waals surface area contributed by atoms with Crippen LogP contribution < -0.4 is 14.8 Å². The van der Waals surface area contributed by atoms with Gasteiger partial charge in [0.25, 0.3) is 0 Å². The molecule has 5 rings (SSSR count). The molecule has 0 bridgehead atoms. The van der Waals surface area contributed by atoms with Crippen LogP contribution in [0.15, 0.2) is 47.4 Å². The number of aromatic nitrogens is 1. The first-order chi connectivity index (χ1) is 15.0. The third kappa shape index (κ3) is 4.67. The number of rotatable bonds is 7. The molecule has 2 saturated carbocycles. The van der Waals surface area contributed by atoms with E-state index in [4.69, 9.17) is 4.18 Å². The summed E-state index contributed by atoms with van der Waals surface area (Å²) < 4.78 is 31.5. The van der Waals surface area contributed by atoms with E-state index >= 15 is 0 Å². The van der Waals surface area contributed by atoms with Crippen molar-refractivity contribution in [2.75, 3.05) is 10.6 Å². The van der Waals surface area contributed by atoms with Crippen LogP contribution in [-0.2, 0) is 14.9 Å². The van der Waals surface area contributed by atoms with Crippen LogP contribution in [0.2, 0.25) is 0 Å². The number of carbonyl (C=O) groups excluding carboxylic acids is 1. The molecule has 1 amide bonds. The first-order valence-corrected chi connectivity index (χ1v) is 12.7. The van der Waals surface area contributed by atoms with Crippen molar-refractivity contribution < 1.29 is 17.4 Å². The van der Waals surface area contributed by atoms with Crippen molar-refractivity contribution in [1.82, 2.24) is 4.98 Å². The van der Waals surface area contributed by atoms with Crippen molar-refractivity contribution in [3.05, 3.63) is 42.5 Å². The third-order valence-corrected chi connectivity index (χ3v) is 7.81. The summed E-state index contributed by atoms with van der Waals surface area (Å²) in [5, 5.41) is 6.78. The van der Waals surface area contributed by atoms with E-state index in [2.05, 4.69) is 15.6 Å². The Morgan fingerprint density at radius 2 is 1.77 bits per heavy atom. The lowest BCUT2D eigenvalue weighted by Gasteiger charge is -2.14. The molecule has 1 heterocycles. The van der Waals surface area contributed by atoms with E-state index in [0.717, 1.165) is 36.1 Å². The maximum atomic E-state index is 12.7. The Morgan fingerprint density at radius 1 is 1.03 bits per heavy atom. The maximum absolute atomic E-state index is 12.7. The quantitative estimate of drug-likeness (QED) is 0.496. The van der Waals surface area contributed by atoms with E-state index in [1.165, 1.54) is 24.2 Å². The summed E-state index contributed by atoms with van der Waals surface area (Å²) in [4.78, 5) is 16.4. The molecule has 0 atom stereocenters. The molecule has 3 aromatic rings. The zero-order chi connectivity index (χ0) is 21.4. The van der Waals surface area contributed by atoms with Gasteiger partial charge in [-0.1, -0.05) is 24.2 Å². The second-order valence-electron chi connectivity index (χ2n) is 8.10. The van der Waals surface area contributed by atoms with Crippen molar-refractivity contribution in [3.63, 3.8) is 0 Å². The molecule has 0 spiro atoms. The summed E-state index contributed by atoms with van der Waals surface area (Å²) in [6.45, 7) is 0. The van der Waals surface area contributed by atoms with Crippen molar-refractivity contribution >= 4 is 48.4 Å². The average Bonchev–Trinajstić information content (AvgIpc) is 3.34. The van der Waals surface area contributed by atoms with Gasteiger partial charge in [-0.2, -0.15) is 8.42 Å². The van der Waals surface area contributed by atoms with Crippen molar-refractivity contribution in [1.29, 1.82) is 0 Å². The van der Waals surface area contributed by atoms with Gasteiger partial charge in [0.15, 0.2) is 5.13 Å². The lowest BCUT2D eigenvalue weighted by molar-refractivity contribution is -0.117. The molecule has 2 fully saturated rings. The van der Waals surface area contributed by atoms with E-state index in [9.17, 15) is 13.2 Å². The fourth-order valence-electron chi connectivity index (χ4n) is 3.76. The van der Waals surface area contributed by atoms with E-state index in [1.54, 1.807) is 42.5 Å². The number of hydrogen-bond donors (Lipinski definition) is 2. The second-order valence-corrected chi connectivity index (χ2v) is 10.7. The molecule has 2 N–H and O–H groups in total. The molecule has 9 heteroatoms. The molecule has 2 aliphatic carbocycles. The molecular weight excluding hydrogens is 434 g/mol. The summed E-state index contributed by atoms with van der Waals surface area (Å²) in [5.41, 5.74) is 1.60. The van der Waals surface area contributed by atoms with E-state index in [-0.39, 0.29) is 22.5 Å². The molecule has 2 aromatic carbocycles. The zero-order valence-corrected chi connectivity index (χ0v) is 18.5. The Kier molecular flexibility index (Phi) is 5.31. The molecule has 0 aliphatic heterocycles. The molecule has 7 nitrogen and oxygen atoms in total. The second kappa shape index (κ2) is 8.12. The molecule has 0 unspecified atom stereocenters. The van der Waals surface area contributed by atoms with Gasteiger partial charge in [-0.05, 0) is 62.1 Å². The average molecular weight is 458 g/mol. The summed E-state index contributed by atoms with van der Waals surface area (Å²) in [6, 6.07) is 12.0. The first kappa shape index (κ1) is 20.3. The van der Waals surface area contributed by atoms with Gasteiger partial charge in [0, 0.05) is 23.7 Å². The normalized spacial score (nSPS) is 17.0. The van der Waals surface area contributed by atoms with Crippen LogP contribution in [0.1, 0.15) is 38.5 Å². The standard InChI is InChI=1S/C22H23N3O4S2/c26-21(14-5-6-14)25-22-24-19-12-9-17(13-20(19)30-22)29-31(27,28)18-10-7-16(8-11-18)23-15-3-1-2-4-15/h7-15,23H,1-6H2,(H,24,25,26). The zero-order valence-electron chi connectivity index (χ0n) is 16.8. The lowest BCUT2D eigenvalue weighted by atomic mass is 10.2. The Morgan fingerprint density at radius 3 is 2.48 bits per heavy atom. The molecule has 0 saturated heterocycles. The summed E-state index contributed by atoms with van der Waals surface area (Å²) in [5.74, 6) is 0.296. The predicted molar refractivity (Wildman–Crippen MR) is 121 cm³/mol. The third-order valence-electron chi connectivity index (χ3n) is 5.61. The summed E-state index contributed by atoms with van der Waals surface area (Å²) >= 11 is 1.30. The molecule has 0 radical (unpaired) electrons. The molecular formula is C22H23N3O4S2. The fourth-order valence-corrected chi connectivity index (χ4v) is 5.58. The number of nitrogens with one attached hydrogen (secondary N) is 2. The minimum atomic E-state index is -3.95. The van der Waals surface area contributed by atoms with Gasteiger partial charge in [-0.25, -0.2) is 4.98 Å². The van der Waals surface area contributed by atoms with Gasteiger partial charge in [-0.15, -0.1) is 0 Å². The van der Waals surface area contributed by atoms with E-state index in [0.29, 0.717) is 16.7 Å². The number of nitrogens with zero attached hydrogens (tertiary/aromatic N) is 1.